The molecule has 3 heteroatoms. The topological polar surface area (TPSA) is 47.3 Å². The van der Waals surface area contributed by atoms with Crippen molar-refractivity contribution in [3.05, 3.63) is 18.2 Å². The van der Waals surface area contributed by atoms with Crippen LogP contribution in [0.25, 0.3) is 0 Å². The van der Waals surface area contributed by atoms with Crippen molar-refractivity contribution in [1.29, 1.82) is 0 Å². The lowest BCUT2D eigenvalue weighted by atomic mass is 10.2. The minimum Gasteiger partial charge on any atom is -0.494 e. The molecule has 3 nitrogen and oxygen atoms in total. The van der Waals surface area contributed by atoms with E-state index < -0.39 is 0 Å². The summed E-state index contributed by atoms with van der Waals surface area (Å²) >= 11 is 0. The molecule has 3 N–H and O–H groups in total. The number of nitrogens with two attached hydrogens (primary N) is 1. The highest BCUT2D eigenvalue weighted by Gasteiger charge is 2.35. The predicted molar refractivity (Wildman–Crippen MR) is 67.8 cm³/mol. The van der Waals surface area contributed by atoms with Crippen molar-refractivity contribution >= 4 is 11.4 Å². The molecule has 0 radical (unpaired) electrons. The highest BCUT2D eigenvalue weighted by atomic mass is 16.5. The summed E-state index contributed by atoms with van der Waals surface area (Å²) in [6.07, 6.45) is 2.52. The van der Waals surface area contributed by atoms with Crippen LogP contribution in [0.5, 0.6) is 5.75 Å². The van der Waals surface area contributed by atoms with Crippen LogP contribution in [0.3, 0.4) is 0 Å². The average Bonchev–Trinajstić information content (AvgIpc) is 2.96. The number of nitrogen functional groups attached to an aromatic ring is 1. The van der Waals surface area contributed by atoms with E-state index in [1.807, 2.05) is 25.1 Å². The molecule has 1 aliphatic rings. The Hall–Kier alpha value is -1.38. The molecule has 0 aliphatic heterocycles. The maximum atomic E-state index is 5.83. The molecule has 0 spiro atoms. The van der Waals surface area contributed by atoms with Gasteiger partial charge in [0, 0.05) is 29.5 Å². The second kappa shape index (κ2) is 4.64. The van der Waals surface area contributed by atoms with E-state index in [0.29, 0.717) is 12.6 Å². The summed E-state index contributed by atoms with van der Waals surface area (Å²) < 4.78 is 5.46. The number of anilines is 2. The first kappa shape index (κ1) is 11.1. The molecule has 1 fully saturated rings. The van der Waals surface area contributed by atoms with Crippen LogP contribution in [0, 0.1) is 5.92 Å². The van der Waals surface area contributed by atoms with Gasteiger partial charge >= 0.3 is 0 Å². The van der Waals surface area contributed by atoms with Crippen LogP contribution in [-0.4, -0.2) is 12.6 Å². The molecule has 0 bridgehead atoms. The summed E-state index contributed by atoms with van der Waals surface area (Å²) in [6, 6.07) is 6.47. The summed E-state index contributed by atoms with van der Waals surface area (Å²) in [5.74, 6) is 1.68. The van der Waals surface area contributed by atoms with E-state index >= 15 is 0 Å². The molecule has 0 saturated heterocycles. The molecule has 0 heterocycles. The van der Waals surface area contributed by atoms with Gasteiger partial charge in [-0.2, -0.15) is 0 Å². The Balaban J connectivity index is 2.03. The van der Waals surface area contributed by atoms with Gasteiger partial charge in [0.05, 0.1) is 6.61 Å². The lowest BCUT2D eigenvalue weighted by Gasteiger charge is -2.10. The number of hydrogen-bond acceptors (Lipinski definition) is 3. The van der Waals surface area contributed by atoms with Crippen LogP contribution in [0.15, 0.2) is 18.2 Å². The molecule has 2 unspecified atom stereocenters. The van der Waals surface area contributed by atoms with Crippen LogP contribution in [-0.2, 0) is 0 Å². The Morgan fingerprint density at radius 3 is 2.81 bits per heavy atom. The fourth-order valence-electron chi connectivity index (χ4n) is 2.05. The van der Waals surface area contributed by atoms with Gasteiger partial charge in [-0.25, -0.2) is 0 Å². The fourth-order valence-corrected chi connectivity index (χ4v) is 2.05. The fraction of sp³-hybridized carbons (Fsp3) is 0.538. The van der Waals surface area contributed by atoms with E-state index in [4.69, 9.17) is 10.5 Å². The minimum absolute atomic E-state index is 0.626. The maximum absolute atomic E-state index is 5.83. The summed E-state index contributed by atoms with van der Waals surface area (Å²) in [5.41, 5.74) is 7.66. The van der Waals surface area contributed by atoms with Gasteiger partial charge in [0.2, 0.25) is 0 Å². The van der Waals surface area contributed by atoms with E-state index in [9.17, 15) is 0 Å². The van der Waals surface area contributed by atoms with Crippen molar-refractivity contribution in [2.75, 3.05) is 17.7 Å². The van der Waals surface area contributed by atoms with Crippen LogP contribution in [0.2, 0.25) is 0 Å². The second-order valence-corrected chi connectivity index (χ2v) is 4.38. The Kier molecular flexibility index (Phi) is 3.22. The monoisotopic (exact) mass is 220 g/mol. The summed E-state index contributed by atoms with van der Waals surface area (Å²) in [7, 11) is 0. The molecular formula is C13H20N2O. The Labute approximate surface area is 97.0 Å². The minimum atomic E-state index is 0.626. The lowest BCUT2D eigenvalue weighted by Crippen LogP contribution is -2.05. The van der Waals surface area contributed by atoms with E-state index in [-0.39, 0.29) is 0 Å². The number of ether oxygens (including phenoxy) is 1. The molecule has 0 amide bonds. The molecule has 2 atom stereocenters. The molecular weight excluding hydrogens is 200 g/mol. The van der Waals surface area contributed by atoms with Crippen LogP contribution in [0.4, 0.5) is 11.4 Å². The predicted octanol–water partition coefficient (Wildman–Crippen LogP) is 2.88. The molecule has 1 saturated carbocycles. The van der Waals surface area contributed by atoms with Crippen molar-refractivity contribution in [3.8, 4) is 5.75 Å². The SMILES string of the molecule is CCOc1cc(N)cc(NC2CC2CC)c1. The van der Waals surface area contributed by atoms with Gasteiger partial charge in [0.25, 0.3) is 0 Å². The van der Waals surface area contributed by atoms with Gasteiger partial charge in [-0.05, 0) is 25.3 Å². The molecule has 88 valence electrons. The highest BCUT2D eigenvalue weighted by molar-refractivity contribution is 5.60. The summed E-state index contributed by atoms with van der Waals surface area (Å²) in [5, 5.41) is 3.50. The number of hydrogen-bond donors (Lipinski definition) is 2. The van der Waals surface area contributed by atoms with Gasteiger partial charge in [0.15, 0.2) is 0 Å². The van der Waals surface area contributed by atoms with Crippen molar-refractivity contribution in [2.45, 2.75) is 32.7 Å². The average molecular weight is 220 g/mol. The lowest BCUT2D eigenvalue weighted by molar-refractivity contribution is 0.340. The summed E-state index contributed by atoms with van der Waals surface area (Å²) in [4.78, 5) is 0. The maximum Gasteiger partial charge on any atom is 0.123 e. The highest BCUT2D eigenvalue weighted by Crippen LogP contribution is 2.37. The van der Waals surface area contributed by atoms with Crippen molar-refractivity contribution < 1.29 is 4.74 Å². The number of benzene rings is 1. The smallest absolute Gasteiger partial charge is 0.123 e. The third-order valence-electron chi connectivity index (χ3n) is 3.04. The van der Waals surface area contributed by atoms with Crippen molar-refractivity contribution in [3.63, 3.8) is 0 Å². The van der Waals surface area contributed by atoms with Gasteiger partial charge < -0.3 is 15.8 Å². The van der Waals surface area contributed by atoms with Crippen molar-refractivity contribution in [1.82, 2.24) is 0 Å². The normalized spacial score (nSPS) is 22.9. The third kappa shape index (κ3) is 2.60. The molecule has 1 aromatic carbocycles. The van der Waals surface area contributed by atoms with Gasteiger partial charge in [-0.15, -0.1) is 0 Å². The van der Waals surface area contributed by atoms with E-state index in [0.717, 1.165) is 23.0 Å². The van der Waals surface area contributed by atoms with E-state index in [2.05, 4.69) is 12.2 Å². The van der Waals surface area contributed by atoms with E-state index in [1.54, 1.807) is 0 Å². The first-order valence-electron chi connectivity index (χ1n) is 6.02. The zero-order valence-corrected chi connectivity index (χ0v) is 9.99. The van der Waals surface area contributed by atoms with Gasteiger partial charge in [-0.1, -0.05) is 13.3 Å². The second-order valence-electron chi connectivity index (χ2n) is 4.38. The molecule has 16 heavy (non-hydrogen) atoms. The molecule has 0 aromatic heterocycles. The Morgan fingerprint density at radius 1 is 1.38 bits per heavy atom. The molecule has 1 aromatic rings. The molecule has 1 aliphatic carbocycles. The molecule has 2 rings (SSSR count). The Bertz CT molecular complexity index is 365. The Morgan fingerprint density at radius 2 is 2.19 bits per heavy atom. The first-order chi connectivity index (χ1) is 7.72. The number of nitrogens with one attached hydrogen (secondary N) is 1. The summed E-state index contributed by atoms with van der Waals surface area (Å²) in [6.45, 7) is 4.88. The van der Waals surface area contributed by atoms with Crippen molar-refractivity contribution in [2.24, 2.45) is 5.92 Å². The van der Waals surface area contributed by atoms with Gasteiger partial charge in [-0.3, -0.25) is 0 Å². The zero-order valence-electron chi connectivity index (χ0n) is 9.99. The first-order valence-corrected chi connectivity index (χ1v) is 6.02. The zero-order chi connectivity index (χ0) is 11.5. The largest absolute Gasteiger partial charge is 0.494 e. The van der Waals surface area contributed by atoms with Crippen LogP contribution in [0.1, 0.15) is 26.7 Å². The number of rotatable bonds is 5. The third-order valence-corrected chi connectivity index (χ3v) is 3.04. The van der Waals surface area contributed by atoms with E-state index in [1.165, 1.54) is 12.8 Å². The van der Waals surface area contributed by atoms with Gasteiger partial charge in [0.1, 0.15) is 5.75 Å². The van der Waals surface area contributed by atoms with Crippen LogP contribution < -0.4 is 15.8 Å². The van der Waals surface area contributed by atoms with Crippen LogP contribution >= 0.6 is 0 Å². The quantitative estimate of drug-likeness (QED) is 0.750. The standard InChI is InChI=1S/C13H20N2O/c1-3-9-5-13(9)15-11-6-10(14)7-12(8-11)16-4-2/h6-9,13,15H,3-5,14H2,1-2H3.